The first-order valence-electron chi connectivity index (χ1n) is 6.01. The molecule has 0 amide bonds. The Morgan fingerprint density at radius 1 is 0.850 bits per heavy atom. The zero-order chi connectivity index (χ0) is 13.2. The van der Waals surface area contributed by atoms with Crippen molar-refractivity contribution in [3.63, 3.8) is 0 Å². The minimum absolute atomic E-state index is 0. The van der Waals surface area contributed by atoms with Crippen LogP contribution in [0, 0.1) is 12.1 Å². The maximum absolute atomic E-state index is 13.6. The van der Waals surface area contributed by atoms with Gasteiger partial charge in [-0.25, -0.2) is 0 Å². The molecule has 0 aliphatic rings. The molecule has 94 valence electrons. The van der Waals surface area contributed by atoms with Crippen molar-refractivity contribution < 1.29 is 42.3 Å². The summed E-state index contributed by atoms with van der Waals surface area (Å²) in [6.45, 7) is 6.03. The molecule has 0 fully saturated rings. The first kappa shape index (κ1) is 19.9. The molecule has 0 aromatic heterocycles. The summed E-state index contributed by atoms with van der Waals surface area (Å²) in [4.78, 5) is 0. The minimum Gasteiger partial charge on any atom is -0.317 e. The van der Waals surface area contributed by atoms with Gasteiger partial charge in [0.2, 0.25) is 0 Å². The van der Waals surface area contributed by atoms with Crippen LogP contribution in [0.2, 0.25) is 0 Å². The Morgan fingerprint density at radius 2 is 1.25 bits per heavy atom. The van der Waals surface area contributed by atoms with Gasteiger partial charge >= 0.3 is 37.7 Å². The fourth-order valence-corrected chi connectivity index (χ4v) is 4.82. The van der Waals surface area contributed by atoms with Crippen LogP contribution < -0.4 is 48.3 Å². The van der Waals surface area contributed by atoms with Gasteiger partial charge in [-0.1, -0.05) is 31.4 Å². The van der Waals surface area contributed by atoms with Crippen molar-refractivity contribution >= 4 is 17.8 Å². The van der Waals surface area contributed by atoms with Crippen molar-refractivity contribution in [2.45, 2.75) is 25.9 Å². The van der Waals surface area contributed by atoms with Gasteiger partial charge in [0, 0.05) is 5.16 Å². The van der Waals surface area contributed by atoms with E-state index >= 15 is 0 Å². The van der Waals surface area contributed by atoms with Crippen LogP contribution in [0.15, 0.2) is 48.5 Å². The molecule has 2 rings (SSSR count). The van der Waals surface area contributed by atoms with E-state index in [0.29, 0.717) is 0 Å². The van der Waals surface area contributed by atoms with Crippen molar-refractivity contribution in [1.29, 1.82) is 0 Å². The monoisotopic (exact) mass is 270 g/mol. The standard InChI is InChI=1S/C16H17OP.2Li/c1-16(2,3)18(17,14-10-6-4-7-11-14)15-12-8-5-9-13-15;;/h4-10,12H,1-3H3;;/q-2;2*+1. The van der Waals surface area contributed by atoms with Crippen molar-refractivity contribution in [3.05, 3.63) is 60.7 Å². The molecule has 0 N–H and O–H groups in total. The molecule has 0 aliphatic heterocycles. The van der Waals surface area contributed by atoms with Gasteiger partial charge in [-0.15, -0.1) is 0 Å². The number of hydrogen-bond acceptors (Lipinski definition) is 1. The van der Waals surface area contributed by atoms with E-state index in [2.05, 4.69) is 12.1 Å². The van der Waals surface area contributed by atoms with Gasteiger partial charge in [-0.2, -0.15) is 60.7 Å². The van der Waals surface area contributed by atoms with Crippen LogP contribution in [0.1, 0.15) is 20.8 Å². The zero-order valence-electron chi connectivity index (χ0n) is 13.0. The second-order valence-corrected chi connectivity index (χ2v) is 8.80. The molecule has 0 saturated carbocycles. The van der Waals surface area contributed by atoms with E-state index in [1.165, 1.54) is 0 Å². The Bertz CT molecular complexity index is 519. The second kappa shape index (κ2) is 7.75. The van der Waals surface area contributed by atoms with Gasteiger partial charge < -0.3 is 4.57 Å². The second-order valence-electron chi connectivity index (χ2n) is 5.28. The average Bonchev–Trinajstić information content (AvgIpc) is 2.38. The molecule has 0 unspecified atom stereocenters. The summed E-state index contributed by atoms with van der Waals surface area (Å²) in [5.41, 5.74) is 0. The molecular formula is C16H17Li2OP. The third kappa shape index (κ3) is 3.74. The molecular weight excluding hydrogens is 253 g/mol. The molecule has 2 aromatic carbocycles. The molecule has 0 spiro atoms. The van der Waals surface area contributed by atoms with Crippen LogP contribution in [-0.4, -0.2) is 5.16 Å². The maximum atomic E-state index is 13.6. The smallest absolute Gasteiger partial charge is 0.317 e. The molecule has 1 nitrogen and oxygen atoms in total. The quantitative estimate of drug-likeness (QED) is 0.332. The van der Waals surface area contributed by atoms with Gasteiger partial charge in [0.1, 0.15) is 7.14 Å². The summed E-state index contributed by atoms with van der Waals surface area (Å²) in [5, 5.41) is 1.21. The Kier molecular flexibility index (Phi) is 7.70. The van der Waals surface area contributed by atoms with Gasteiger partial charge in [-0.3, -0.25) is 0 Å². The summed E-state index contributed by atoms with van der Waals surface area (Å²) in [6, 6.07) is 21.3. The SMILES string of the molecule is CC(C)(C)P(=O)(c1[c-]cccc1)c1[c-]cccc1.[Li+].[Li+]. The fraction of sp³-hybridized carbons (Fsp3) is 0.250. The molecule has 0 saturated heterocycles. The number of benzene rings is 2. The Morgan fingerprint density at radius 3 is 1.50 bits per heavy atom. The van der Waals surface area contributed by atoms with E-state index in [0.717, 1.165) is 10.6 Å². The predicted octanol–water partition coefficient (Wildman–Crippen LogP) is -2.59. The van der Waals surface area contributed by atoms with E-state index < -0.39 is 7.14 Å². The first-order valence-corrected chi connectivity index (χ1v) is 7.71. The summed E-state index contributed by atoms with van der Waals surface area (Å²) in [5.74, 6) is 0. The van der Waals surface area contributed by atoms with Crippen molar-refractivity contribution in [3.8, 4) is 0 Å². The van der Waals surface area contributed by atoms with Crippen LogP contribution >= 0.6 is 7.14 Å². The van der Waals surface area contributed by atoms with E-state index in [9.17, 15) is 4.57 Å². The molecule has 4 heteroatoms. The van der Waals surface area contributed by atoms with Crippen LogP contribution in [0.25, 0.3) is 0 Å². The molecule has 0 heterocycles. The van der Waals surface area contributed by atoms with E-state index in [4.69, 9.17) is 0 Å². The van der Waals surface area contributed by atoms with Crippen LogP contribution in [-0.2, 0) is 4.57 Å². The summed E-state index contributed by atoms with van der Waals surface area (Å²) in [6.07, 6.45) is 0. The van der Waals surface area contributed by atoms with Crippen molar-refractivity contribution in [2.24, 2.45) is 0 Å². The Hall–Kier alpha value is -0.135. The third-order valence-electron chi connectivity index (χ3n) is 3.01. The number of rotatable bonds is 2. The van der Waals surface area contributed by atoms with Gasteiger partial charge in [-0.05, 0) is 0 Å². The molecule has 0 aliphatic carbocycles. The topological polar surface area (TPSA) is 17.1 Å². The molecule has 0 bridgehead atoms. The van der Waals surface area contributed by atoms with Crippen LogP contribution in [0.4, 0.5) is 0 Å². The summed E-state index contributed by atoms with van der Waals surface area (Å²) in [7, 11) is -2.72. The van der Waals surface area contributed by atoms with E-state index in [1.54, 1.807) is 0 Å². The molecule has 2 aromatic rings. The van der Waals surface area contributed by atoms with Gasteiger partial charge in [0.25, 0.3) is 0 Å². The first-order chi connectivity index (χ1) is 8.46. The van der Waals surface area contributed by atoms with E-state index in [-0.39, 0.29) is 42.9 Å². The average molecular weight is 270 g/mol. The van der Waals surface area contributed by atoms with Crippen LogP contribution in [0.5, 0.6) is 0 Å². The van der Waals surface area contributed by atoms with Crippen LogP contribution in [0.3, 0.4) is 0 Å². The van der Waals surface area contributed by atoms with E-state index in [1.807, 2.05) is 69.3 Å². The molecule has 0 atom stereocenters. The summed E-state index contributed by atoms with van der Waals surface area (Å²) < 4.78 is 13.6. The Balaban J connectivity index is 0.00000180. The summed E-state index contributed by atoms with van der Waals surface area (Å²) >= 11 is 0. The number of hydrogen-bond donors (Lipinski definition) is 0. The van der Waals surface area contributed by atoms with Crippen molar-refractivity contribution in [2.75, 3.05) is 0 Å². The maximum Gasteiger partial charge on any atom is 1.00 e. The largest absolute Gasteiger partial charge is 1.00 e. The third-order valence-corrected chi connectivity index (χ3v) is 6.81. The normalized spacial score (nSPS) is 11.2. The van der Waals surface area contributed by atoms with Gasteiger partial charge in [0.05, 0.1) is 0 Å². The minimum atomic E-state index is -2.72. The fourth-order valence-electron chi connectivity index (χ4n) is 2.01. The predicted molar refractivity (Wildman–Crippen MR) is 77.2 cm³/mol. The zero-order valence-corrected chi connectivity index (χ0v) is 13.9. The van der Waals surface area contributed by atoms with Gasteiger partial charge in [0.15, 0.2) is 0 Å². The van der Waals surface area contributed by atoms with Crippen molar-refractivity contribution in [1.82, 2.24) is 0 Å². The molecule has 20 heavy (non-hydrogen) atoms. The Labute approximate surface area is 146 Å². The molecule has 0 radical (unpaired) electrons.